The van der Waals surface area contributed by atoms with Gasteiger partial charge >= 0.3 is 0 Å². The molecule has 23 heavy (non-hydrogen) atoms. The highest BCUT2D eigenvalue weighted by Gasteiger charge is 2.11. The summed E-state index contributed by atoms with van der Waals surface area (Å²) in [6, 6.07) is 16.9. The van der Waals surface area contributed by atoms with Gasteiger partial charge in [0.25, 0.3) is 5.91 Å². The van der Waals surface area contributed by atoms with Gasteiger partial charge in [-0.1, -0.05) is 18.2 Å². The van der Waals surface area contributed by atoms with Crippen LogP contribution in [0, 0.1) is 0 Å². The van der Waals surface area contributed by atoms with Crippen LogP contribution in [0.1, 0.15) is 10.5 Å². The third-order valence-electron chi connectivity index (χ3n) is 3.11. The number of ether oxygens (including phenoxy) is 1. The number of aromatic nitrogens is 1. The number of nitrogens with zero attached hydrogens (tertiary/aromatic N) is 1. The minimum absolute atomic E-state index is 0.243. The van der Waals surface area contributed by atoms with Gasteiger partial charge in [0, 0.05) is 16.8 Å². The number of amides is 1. The molecule has 0 aliphatic rings. The van der Waals surface area contributed by atoms with E-state index in [1.807, 2.05) is 30.3 Å². The fourth-order valence-corrected chi connectivity index (χ4v) is 2.66. The minimum atomic E-state index is -0.243. The van der Waals surface area contributed by atoms with E-state index in [0.717, 1.165) is 11.4 Å². The number of hydrogen-bond donors (Lipinski definition) is 2. The maximum atomic E-state index is 12.2. The number of anilines is 3. The van der Waals surface area contributed by atoms with Crippen LogP contribution in [-0.2, 0) is 0 Å². The summed E-state index contributed by atoms with van der Waals surface area (Å²) in [5.41, 5.74) is 2.01. The molecule has 5 nitrogen and oxygen atoms in total. The molecule has 6 heteroatoms. The lowest BCUT2D eigenvalue weighted by Gasteiger charge is -2.04. The van der Waals surface area contributed by atoms with E-state index in [-0.39, 0.29) is 5.91 Å². The molecule has 0 bridgehead atoms. The zero-order chi connectivity index (χ0) is 16.1. The maximum absolute atomic E-state index is 12.2. The first-order valence-corrected chi connectivity index (χ1v) is 7.85. The van der Waals surface area contributed by atoms with Crippen LogP contribution in [0.2, 0.25) is 0 Å². The molecular weight excluding hydrogens is 310 g/mol. The molecule has 1 amide bonds. The highest BCUT2D eigenvalue weighted by atomic mass is 32.1. The molecule has 0 aliphatic carbocycles. The van der Waals surface area contributed by atoms with E-state index >= 15 is 0 Å². The van der Waals surface area contributed by atoms with Crippen molar-refractivity contribution in [2.75, 3.05) is 17.7 Å². The molecule has 2 N–H and O–H groups in total. The van der Waals surface area contributed by atoms with Gasteiger partial charge in [-0.25, -0.2) is 4.98 Å². The minimum Gasteiger partial charge on any atom is -0.497 e. The quantitative estimate of drug-likeness (QED) is 0.740. The molecule has 3 aromatic rings. The van der Waals surface area contributed by atoms with Crippen molar-refractivity contribution in [2.24, 2.45) is 0 Å². The third-order valence-corrected chi connectivity index (χ3v) is 3.87. The number of para-hydroxylation sites is 1. The van der Waals surface area contributed by atoms with Gasteiger partial charge < -0.3 is 15.4 Å². The first kappa shape index (κ1) is 15.1. The van der Waals surface area contributed by atoms with E-state index in [9.17, 15) is 4.79 Å². The molecule has 116 valence electrons. The number of carbonyl (C=O) groups excluding carboxylic acids is 1. The Morgan fingerprint density at radius 2 is 1.78 bits per heavy atom. The normalized spacial score (nSPS) is 10.1. The molecule has 3 rings (SSSR count). The Hall–Kier alpha value is -2.86. The topological polar surface area (TPSA) is 63.2 Å². The van der Waals surface area contributed by atoms with Gasteiger partial charge in [0.05, 0.1) is 7.11 Å². The Bertz CT molecular complexity index is 785. The van der Waals surface area contributed by atoms with E-state index in [1.165, 1.54) is 11.3 Å². The fraction of sp³-hybridized carbons (Fsp3) is 0.0588. The zero-order valence-electron chi connectivity index (χ0n) is 12.4. The molecule has 1 heterocycles. The monoisotopic (exact) mass is 325 g/mol. The van der Waals surface area contributed by atoms with E-state index in [4.69, 9.17) is 4.74 Å². The number of methoxy groups -OCH3 is 1. The number of nitrogens with one attached hydrogen (secondary N) is 2. The van der Waals surface area contributed by atoms with Crippen molar-refractivity contribution in [1.82, 2.24) is 4.98 Å². The predicted octanol–water partition coefficient (Wildman–Crippen LogP) is 4.15. The van der Waals surface area contributed by atoms with E-state index < -0.39 is 0 Å². The number of rotatable bonds is 5. The summed E-state index contributed by atoms with van der Waals surface area (Å²) in [5, 5.41) is 8.38. The standard InChI is InChI=1S/C17H15N3O2S/c1-22-14-9-7-13(8-10-14)18-16(21)15-11-23-17(20-15)19-12-5-3-2-4-6-12/h2-11H,1H3,(H,18,21)(H,19,20). The SMILES string of the molecule is COc1ccc(NC(=O)c2csc(Nc3ccccc3)n2)cc1. The van der Waals surface area contributed by atoms with Crippen LogP contribution in [0.5, 0.6) is 5.75 Å². The molecule has 0 spiro atoms. The van der Waals surface area contributed by atoms with Gasteiger partial charge in [0.1, 0.15) is 11.4 Å². The Balaban J connectivity index is 1.66. The summed E-state index contributed by atoms with van der Waals surface area (Å²) in [4.78, 5) is 16.5. The number of thiazole rings is 1. The lowest BCUT2D eigenvalue weighted by molar-refractivity contribution is 0.102. The van der Waals surface area contributed by atoms with Crippen molar-refractivity contribution in [3.05, 3.63) is 65.7 Å². The summed E-state index contributed by atoms with van der Waals surface area (Å²) in [6.45, 7) is 0. The molecule has 0 unspecified atom stereocenters. The van der Waals surface area contributed by atoms with Gasteiger partial charge in [-0.3, -0.25) is 4.79 Å². The highest BCUT2D eigenvalue weighted by molar-refractivity contribution is 7.14. The molecular formula is C17H15N3O2S. The predicted molar refractivity (Wildman–Crippen MR) is 92.8 cm³/mol. The zero-order valence-corrected chi connectivity index (χ0v) is 13.3. The number of hydrogen-bond acceptors (Lipinski definition) is 5. The molecule has 0 atom stereocenters. The third kappa shape index (κ3) is 3.87. The summed E-state index contributed by atoms with van der Waals surface area (Å²) < 4.78 is 5.09. The van der Waals surface area contributed by atoms with Crippen LogP contribution in [0.4, 0.5) is 16.5 Å². The Labute approximate surface area is 138 Å². The molecule has 0 fully saturated rings. The van der Waals surface area contributed by atoms with E-state index in [0.29, 0.717) is 16.5 Å². The lowest BCUT2D eigenvalue weighted by Crippen LogP contribution is -2.12. The van der Waals surface area contributed by atoms with Gasteiger partial charge in [0.2, 0.25) is 0 Å². The molecule has 0 saturated carbocycles. The molecule has 1 aromatic heterocycles. The lowest BCUT2D eigenvalue weighted by atomic mass is 10.3. The number of benzene rings is 2. The Kier molecular flexibility index (Phi) is 4.54. The van der Waals surface area contributed by atoms with Crippen molar-refractivity contribution >= 4 is 33.8 Å². The van der Waals surface area contributed by atoms with Crippen molar-refractivity contribution in [2.45, 2.75) is 0 Å². The van der Waals surface area contributed by atoms with Gasteiger partial charge in [-0.05, 0) is 36.4 Å². The first-order valence-electron chi connectivity index (χ1n) is 6.97. The molecule has 0 aliphatic heterocycles. The van der Waals surface area contributed by atoms with Crippen molar-refractivity contribution in [3.8, 4) is 5.75 Å². The van der Waals surface area contributed by atoms with Gasteiger partial charge in [-0.2, -0.15) is 0 Å². The van der Waals surface area contributed by atoms with Crippen LogP contribution in [-0.4, -0.2) is 18.0 Å². The average molecular weight is 325 g/mol. The second-order valence-electron chi connectivity index (χ2n) is 4.71. The second kappa shape index (κ2) is 6.93. The van der Waals surface area contributed by atoms with Crippen molar-refractivity contribution < 1.29 is 9.53 Å². The smallest absolute Gasteiger partial charge is 0.275 e. The molecule has 2 aromatic carbocycles. The number of carbonyl (C=O) groups is 1. The van der Waals surface area contributed by atoms with E-state index in [1.54, 1.807) is 36.8 Å². The van der Waals surface area contributed by atoms with Crippen LogP contribution >= 0.6 is 11.3 Å². The second-order valence-corrected chi connectivity index (χ2v) is 5.57. The maximum Gasteiger partial charge on any atom is 0.275 e. The summed E-state index contributed by atoms with van der Waals surface area (Å²) >= 11 is 1.39. The van der Waals surface area contributed by atoms with Crippen LogP contribution in [0.25, 0.3) is 0 Å². The summed E-state index contributed by atoms with van der Waals surface area (Å²) in [5.74, 6) is 0.499. The Morgan fingerprint density at radius 1 is 1.04 bits per heavy atom. The fourth-order valence-electron chi connectivity index (χ4n) is 1.95. The van der Waals surface area contributed by atoms with Crippen molar-refractivity contribution in [1.29, 1.82) is 0 Å². The van der Waals surface area contributed by atoms with Gasteiger partial charge in [0.15, 0.2) is 5.13 Å². The molecule has 0 saturated heterocycles. The van der Waals surface area contributed by atoms with E-state index in [2.05, 4.69) is 15.6 Å². The summed E-state index contributed by atoms with van der Waals surface area (Å²) in [7, 11) is 1.60. The summed E-state index contributed by atoms with van der Waals surface area (Å²) in [6.07, 6.45) is 0. The Morgan fingerprint density at radius 3 is 2.48 bits per heavy atom. The van der Waals surface area contributed by atoms with Crippen LogP contribution in [0.15, 0.2) is 60.0 Å². The van der Waals surface area contributed by atoms with Crippen molar-refractivity contribution in [3.63, 3.8) is 0 Å². The van der Waals surface area contributed by atoms with Crippen LogP contribution < -0.4 is 15.4 Å². The largest absolute Gasteiger partial charge is 0.497 e. The first-order chi connectivity index (χ1) is 11.2. The molecule has 0 radical (unpaired) electrons. The van der Waals surface area contributed by atoms with Crippen LogP contribution in [0.3, 0.4) is 0 Å². The van der Waals surface area contributed by atoms with Gasteiger partial charge in [-0.15, -0.1) is 11.3 Å². The highest BCUT2D eigenvalue weighted by Crippen LogP contribution is 2.22. The average Bonchev–Trinajstić information content (AvgIpc) is 3.05.